The van der Waals surface area contributed by atoms with E-state index in [1.807, 2.05) is 25.3 Å². The molecule has 0 atom stereocenters. The van der Waals surface area contributed by atoms with E-state index < -0.39 is 0 Å². The summed E-state index contributed by atoms with van der Waals surface area (Å²) in [6, 6.07) is 14.7. The highest BCUT2D eigenvalue weighted by Crippen LogP contribution is 2.35. The van der Waals surface area contributed by atoms with Crippen LogP contribution >= 0.6 is 11.3 Å². The number of aromatic nitrogens is 4. The van der Waals surface area contributed by atoms with Crippen molar-refractivity contribution >= 4 is 38.7 Å². The molecule has 5 rings (SSSR count). The second-order valence-corrected chi connectivity index (χ2v) is 9.91. The predicted molar refractivity (Wildman–Crippen MR) is 154 cm³/mol. The lowest BCUT2D eigenvalue weighted by atomic mass is 10.0. The highest BCUT2D eigenvalue weighted by atomic mass is 32.1. The molecule has 180 valence electrons. The van der Waals surface area contributed by atoms with Crippen molar-refractivity contribution in [2.24, 2.45) is 5.92 Å². The molecule has 36 heavy (non-hydrogen) atoms. The number of nitrogens with zero attached hydrogens (tertiary/aromatic N) is 2. The highest BCUT2D eigenvalue weighted by molar-refractivity contribution is 7.13. The second kappa shape index (κ2) is 9.84. The number of pyridine rings is 1. The maximum Gasteiger partial charge on any atom is 0.116 e. The largest absolute Gasteiger partial charge is 0.359 e. The van der Waals surface area contributed by atoms with Crippen LogP contribution in [-0.4, -0.2) is 20.2 Å². The molecule has 0 aliphatic carbocycles. The van der Waals surface area contributed by atoms with Gasteiger partial charge in [0, 0.05) is 33.9 Å². The topological polar surface area (TPSA) is 69.4 Å². The molecule has 0 unspecified atom stereocenters. The fraction of sp³-hybridized carbons (Fsp3) is 0.133. The van der Waals surface area contributed by atoms with Gasteiger partial charge in [0.1, 0.15) is 5.69 Å². The normalized spacial score (nSPS) is 12.6. The molecule has 0 aliphatic rings. The molecule has 0 radical (unpaired) electrons. The number of nitrogens with one attached hydrogen (secondary N) is 3. The Bertz CT molecular complexity index is 1630. The van der Waals surface area contributed by atoms with Crippen LogP contribution in [0.5, 0.6) is 0 Å². The number of H-pyrrole nitrogens is 2. The van der Waals surface area contributed by atoms with Crippen molar-refractivity contribution in [1.29, 1.82) is 0 Å². The van der Waals surface area contributed by atoms with E-state index in [-0.39, 0.29) is 0 Å². The van der Waals surface area contributed by atoms with E-state index in [0.29, 0.717) is 5.92 Å². The zero-order valence-corrected chi connectivity index (χ0v) is 21.5. The summed E-state index contributed by atoms with van der Waals surface area (Å²) < 4.78 is 0. The molecule has 5 nitrogen and oxygen atoms in total. The Labute approximate surface area is 215 Å². The zero-order valence-electron chi connectivity index (χ0n) is 20.7. The Balaban J connectivity index is 1.56. The molecule has 1 aromatic carbocycles. The number of aromatic amines is 2. The van der Waals surface area contributed by atoms with E-state index >= 15 is 0 Å². The zero-order chi connectivity index (χ0) is 25.2. The summed E-state index contributed by atoms with van der Waals surface area (Å²) in [5.74, 6) is 0.332. The Morgan fingerprint density at radius 3 is 2.64 bits per heavy atom. The molecule has 0 amide bonds. The van der Waals surface area contributed by atoms with Gasteiger partial charge in [-0.25, -0.2) is 0 Å². The maximum absolute atomic E-state index is 4.67. The molecule has 3 N–H and O–H groups in total. The van der Waals surface area contributed by atoms with Gasteiger partial charge in [0.05, 0.1) is 21.8 Å². The van der Waals surface area contributed by atoms with E-state index in [4.69, 9.17) is 0 Å². The van der Waals surface area contributed by atoms with E-state index in [2.05, 4.69) is 106 Å². The summed E-state index contributed by atoms with van der Waals surface area (Å²) in [6.07, 6.45) is 7.88. The first kappa shape index (κ1) is 23.6. The molecule has 0 bridgehead atoms. The number of hydrogen-bond donors (Lipinski definition) is 3. The van der Waals surface area contributed by atoms with E-state index in [1.165, 1.54) is 0 Å². The summed E-state index contributed by atoms with van der Waals surface area (Å²) in [7, 11) is 0. The van der Waals surface area contributed by atoms with Crippen LogP contribution in [0, 0.1) is 5.92 Å². The van der Waals surface area contributed by atoms with Crippen LogP contribution in [0.3, 0.4) is 0 Å². The third kappa shape index (κ3) is 4.43. The van der Waals surface area contributed by atoms with Crippen LogP contribution in [0.4, 0.5) is 0 Å². The minimum absolute atomic E-state index is 0.332. The van der Waals surface area contributed by atoms with Gasteiger partial charge < -0.3 is 10.3 Å². The van der Waals surface area contributed by atoms with Gasteiger partial charge in [0.15, 0.2) is 0 Å². The SMILES string of the molecule is C=C/C(=C\C(=C/C)c1ccc2[nH]nc(-c3cc4c(-c5cccs5)nccc4[nH]3)c2c1)NC(=C)C(C)C. The number of thiophene rings is 1. The van der Waals surface area contributed by atoms with Crippen molar-refractivity contribution in [3.05, 3.63) is 102 Å². The van der Waals surface area contributed by atoms with Gasteiger partial charge >= 0.3 is 0 Å². The van der Waals surface area contributed by atoms with Crippen LogP contribution < -0.4 is 5.32 Å². The first-order valence-corrected chi connectivity index (χ1v) is 12.8. The number of benzene rings is 1. The first-order valence-electron chi connectivity index (χ1n) is 11.9. The molecule has 0 aliphatic heterocycles. The number of fused-ring (bicyclic) bond motifs is 2. The summed E-state index contributed by atoms with van der Waals surface area (Å²) in [5.41, 5.74) is 8.91. The third-order valence-electron chi connectivity index (χ3n) is 6.30. The minimum Gasteiger partial charge on any atom is -0.359 e. The fourth-order valence-electron chi connectivity index (χ4n) is 4.17. The number of allylic oxidation sites excluding steroid dienone is 5. The van der Waals surface area contributed by atoms with Gasteiger partial charge in [-0.2, -0.15) is 5.10 Å². The van der Waals surface area contributed by atoms with Crippen molar-refractivity contribution in [2.45, 2.75) is 20.8 Å². The van der Waals surface area contributed by atoms with Crippen LogP contribution in [-0.2, 0) is 0 Å². The van der Waals surface area contributed by atoms with Gasteiger partial charge in [-0.1, -0.05) is 45.2 Å². The Hall–Kier alpha value is -4.16. The maximum atomic E-state index is 4.67. The molecule has 5 aromatic rings. The lowest BCUT2D eigenvalue weighted by Crippen LogP contribution is -2.14. The Morgan fingerprint density at radius 2 is 1.92 bits per heavy atom. The highest BCUT2D eigenvalue weighted by Gasteiger charge is 2.15. The number of rotatable bonds is 8. The standard InChI is InChI=1S/C30H29N5S/c1-6-20(15-22(7-2)32-19(5)18(3)4)21-10-11-26-23(16-21)29(35-34-26)27-17-24-25(33-27)12-13-31-30(24)28-9-8-14-36-28/h6-18,32-33H,2,5H2,1,3-4H3,(H,34,35)/b20-6+,22-15+. The van der Waals surface area contributed by atoms with E-state index in [9.17, 15) is 0 Å². The molecule has 6 heteroatoms. The molecule has 4 heterocycles. The molecular formula is C30H29N5S. The lowest BCUT2D eigenvalue weighted by molar-refractivity contribution is 0.710. The predicted octanol–water partition coefficient (Wildman–Crippen LogP) is 8.07. The van der Waals surface area contributed by atoms with Crippen LogP contribution in [0.25, 0.3) is 49.3 Å². The fourth-order valence-corrected chi connectivity index (χ4v) is 4.90. The van der Waals surface area contributed by atoms with Crippen LogP contribution in [0.15, 0.2) is 96.8 Å². The summed E-state index contributed by atoms with van der Waals surface area (Å²) in [4.78, 5) is 9.35. The monoisotopic (exact) mass is 491 g/mol. The molecule has 0 fully saturated rings. The summed E-state index contributed by atoms with van der Waals surface area (Å²) >= 11 is 1.69. The van der Waals surface area contributed by atoms with Crippen molar-refractivity contribution < 1.29 is 0 Å². The van der Waals surface area contributed by atoms with Crippen LogP contribution in [0.2, 0.25) is 0 Å². The third-order valence-corrected chi connectivity index (χ3v) is 7.17. The van der Waals surface area contributed by atoms with E-state index in [1.54, 1.807) is 11.3 Å². The molecule has 0 spiro atoms. The second-order valence-electron chi connectivity index (χ2n) is 8.97. The molecule has 4 aromatic heterocycles. The Morgan fingerprint density at radius 1 is 1.08 bits per heavy atom. The van der Waals surface area contributed by atoms with Gasteiger partial charge in [0.25, 0.3) is 0 Å². The molecule has 0 saturated carbocycles. The average Bonchev–Trinajstić information content (AvgIpc) is 3.64. The van der Waals surface area contributed by atoms with Gasteiger partial charge in [0.2, 0.25) is 0 Å². The van der Waals surface area contributed by atoms with Gasteiger partial charge in [-0.05, 0) is 71.8 Å². The Kier molecular flexibility index (Phi) is 6.44. The van der Waals surface area contributed by atoms with Crippen molar-refractivity contribution in [3.8, 4) is 22.0 Å². The smallest absolute Gasteiger partial charge is 0.116 e. The molecular weight excluding hydrogens is 462 g/mol. The summed E-state index contributed by atoms with van der Waals surface area (Å²) in [6.45, 7) is 14.4. The summed E-state index contributed by atoms with van der Waals surface area (Å²) in [5, 5.41) is 15.5. The van der Waals surface area contributed by atoms with Gasteiger partial charge in [-0.3, -0.25) is 10.1 Å². The number of hydrogen-bond acceptors (Lipinski definition) is 4. The van der Waals surface area contributed by atoms with Crippen molar-refractivity contribution in [3.63, 3.8) is 0 Å². The minimum atomic E-state index is 0.332. The average molecular weight is 492 g/mol. The van der Waals surface area contributed by atoms with Crippen molar-refractivity contribution in [1.82, 2.24) is 25.5 Å². The van der Waals surface area contributed by atoms with Gasteiger partial charge in [-0.15, -0.1) is 11.3 Å². The molecule has 0 saturated heterocycles. The quantitative estimate of drug-likeness (QED) is 0.192. The lowest BCUT2D eigenvalue weighted by Gasteiger charge is -2.14. The first-order chi connectivity index (χ1) is 17.5. The van der Waals surface area contributed by atoms with Crippen molar-refractivity contribution in [2.75, 3.05) is 0 Å². The van der Waals surface area contributed by atoms with Crippen LogP contribution in [0.1, 0.15) is 26.3 Å². The van der Waals surface area contributed by atoms with E-state index in [0.717, 1.165) is 66.3 Å².